The van der Waals surface area contributed by atoms with Gasteiger partial charge >= 0.3 is 0 Å². The molecule has 0 spiro atoms. The molecule has 1 amide bonds. The van der Waals surface area contributed by atoms with Gasteiger partial charge < -0.3 is 5.73 Å². The summed E-state index contributed by atoms with van der Waals surface area (Å²) in [5, 5.41) is 8.81. The first-order chi connectivity index (χ1) is 7.46. The number of amides is 1. The zero-order valence-electron chi connectivity index (χ0n) is 9.66. The van der Waals surface area contributed by atoms with Crippen LogP contribution in [0.15, 0.2) is 23.3 Å². The zero-order valence-corrected chi connectivity index (χ0v) is 9.66. The van der Waals surface area contributed by atoms with Gasteiger partial charge in [-0.2, -0.15) is 5.26 Å². The van der Waals surface area contributed by atoms with Crippen LogP contribution in [0.25, 0.3) is 0 Å². The lowest BCUT2D eigenvalue weighted by Gasteiger charge is -2.56. The van der Waals surface area contributed by atoms with Crippen LogP contribution >= 0.6 is 0 Å². The van der Waals surface area contributed by atoms with Gasteiger partial charge in [0.05, 0.1) is 0 Å². The van der Waals surface area contributed by atoms with Crippen LogP contribution in [0.5, 0.6) is 0 Å². The van der Waals surface area contributed by atoms with E-state index < -0.39 is 5.91 Å². The molecule has 16 heavy (non-hydrogen) atoms. The molecule has 3 aliphatic carbocycles. The van der Waals surface area contributed by atoms with Crippen LogP contribution in [-0.4, -0.2) is 5.91 Å². The molecule has 0 unspecified atom stereocenters. The van der Waals surface area contributed by atoms with Crippen LogP contribution < -0.4 is 5.73 Å². The minimum Gasteiger partial charge on any atom is -0.365 e. The molecule has 3 heteroatoms. The number of nitrogens with zero attached hydrogens (tertiary/aromatic N) is 1. The van der Waals surface area contributed by atoms with Gasteiger partial charge in [0, 0.05) is 0 Å². The van der Waals surface area contributed by atoms with E-state index in [4.69, 9.17) is 11.0 Å². The summed E-state index contributed by atoms with van der Waals surface area (Å²) in [5.74, 6) is 0.602. The van der Waals surface area contributed by atoms with Gasteiger partial charge in [-0.1, -0.05) is 19.9 Å². The Bertz CT molecular complexity index is 437. The smallest absolute Gasteiger partial charge is 0.259 e. The number of hydrogen-bond donors (Lipinski definition) is 1. The number of nitrogens with two attached hydrogens (primary N) is 1. The standard InChI is InChI=1S/C13H16N2O/c1-13(2)10-4-3-8(11(13)6-10)5-9(7-14)12(15)16/h3,5,10-11H,4,6H2,1-2H3,(H2,15,16)/b9-5-/t10-,11+/m0/s1. The van der Waals surface area contributed by atoms with E-state index in [1.165, 1.54) is 6.42 Å². The van der Waals surface area contributed by atoms with Gasteiger partial charge in [0.15, 0.2) is 0 Å². The van der Waals surface area contributed by atoms with Gasteiger partial charge in [-0.25, -0.2) is 0 Å². The number of hydrogen-bond acceptors (Lipinski definition) is 2. The monoisotopic (exact) mass is 216 g/mol. The summed E-state index contributed by atoms with van der Waals surface area (Å²) in [6.07, 6.45) is 6.04. The average molecular weight is 216 g/mol. The summed E-state index contributed by atoms with van der Waals surface area (Å²) < 4.78 is 0. The Hall–Kier alpha value is -1.56. The Balaban J connectivity index is 2.28. The molecule has 1 fully saturated rings. The molecule has 0 aromatic carbocycles. The second kappa shape index (κ2) is 3.48. The van der Waals surface area contributed by atoms with Crippen molar-refractivity contribution in [2.75, 3.05) is 0 Å². The molecule has 0 aromatic heterocycles. The highest BCUT2D eigenvalue weighted by Crippen LogP contribution is 2.59. The predicted octanol–water partition coefficient (Wildman–Crippen LogP) is 1.91. The maximum absolute atomic E-state index is 11.0. The Morgan fingerprint density at radius 3 is 2.81 bits per heavy atom. The van der Waals surface area contributed by atoms with Crippen molar-refractivity contribution in [1.82, 2.24) is 0 Å². The van der Waals surface area contributed by atoms with E-state index in [2.05, 4.69) is 19.9 Å². The van der Waals surface area contributed by atoms with Crippen LogP contribution in [0.3, 0.4) is 0 Å². The molecule has 0 heterocycles. The summed E-state index contributed by atoms with van der Waals surface area (Å²) in [4.78, 5) is 11.0. The molecule has 0 radical (unpaired) electrons. The molecule has 84 valence electrons. The average Bonchev–Trinajstić information content (AvgIpc) is 2.25. The molecule has 3 nitrogen and oxygen atoms in total. The number of primary amides is 1. The molecule has 0 aliphatic heterocycles. The van der Waals surface area contributed by atoms with E-state index in [-0.39, 0.29) is 5.57 Å². The van der Waals surface area contributed by atoms with Gasteiger partial charge in [0.25, 0.3) is 5.91 Å². The van der Waals surface area contributed by atoms with Gasteiger partial charge in [-0.3, -0.25) is 4.79 Å². The highest BCUT2D eigenvalue weighted by Gasteiger charge is 2.50. The summed E-state index contributed by atoms with van der Waals surface area (Å²) in [6, 6.07) is 1.86. The third-order valence-corrected chi connectivity index (χ3v) is 4.21. The molecule has 3 aliphatic rings. The molecule has 1 saturated carbocycles. The maximum atomic E-state index is 11.0. The normalized spacial score (nSPS) is 31.1. The predicted molar refractivity (Wildman–Crippen MR) is 61.0 cm³/mol. The molecule has 0 aromatic rings. The van der Waals surface area contributed by atoms with Crippen molar-refractivity contribution in [3.05, 3.63) is 23.3 Å². The summed E-state index contributed by atoms with van der Waals surface area (Å²) in [5.41, 5.74) is 6.61. The lowest BCUT2D eigenvalue weighted by molar-refractivity contribution is -0.114. The fraction of sp³-hybridized carbons (Fsp3) is 0.538. The fourth-order valence-corrected chi connectivity index (χ4v) is 2.89. The quantitative estimate of drug-likeness (QED) is 0.566. The Kier molecular flexibility index (Phi) is 2.38. The van der Waals surface area contributed by atoms with Crippen molar-refractivity contribution in [1.29, 1.82) is 5.26 Å². The van der Waals surface area contributed by atoms with Gasteiger partial charge in [-0.05, 0) is 41.7 Å². The Morgan fingerprint density at radius 1 is 1.69 bits per heavy atom. The highest BCUT2D eigenvalue weighted by molar-refractivity contribution is 5.96. The number of carbonyl (C=O) groups excluding carboxylic acids is 1. The Morgan fingerprint density at radius 2 is 2.38 bits per heavy atom. The summed E-state index contributed by atoms with van der Waals surface area (Å²) >= 11 is 0. The van der Waals surface area contributed by atoms with Crippen LogP contribution in [-0.2, 0) is 4.79 Å². The maximum Gasteiger partial charge on any atom is 0.259 e. The minimum absolute atomic E-state index is 0.0624. The fourth-order valence-electron chi connectivity index (χ4n) is 2.89. The SMILES string of the molecule is CC1(C)[C@H]2CC=C(/C=C(/C#N)C(N)=O)[C@H]1C2. The zero-order chi connectivity index (χ0) is 11.9. The second-order valence-electron chi connectivity index (χ2n) is 5.28. The van der Waals surface area contributed by atoms with Crippen molar-refractivity contribution >= 4 is 5.91 Å². The first-order valence-corrected chi connectivity index (χ1v) is 5.58. The summed E-state index contributed by atoms with van der Waals surface area (Å²) in [6.45, 7) is 4.51. The molecular formula is C13H16N2O. The minimum atomic E-state index is -0.636. The lowest BCUT2D eigenvalue weighted by Crippen LogP contribution is -2.47. The number of fused-ring (bicyclic) bond motifs is 1. The van der Waals surface area contributed by atoms with Crippen molar-refractivity contribution in [3.8, 4) is 6.07 Å². The molecule has 0 saturated heterocycles. The van der Waals surface area contributed by atoms with Crippen LogP contribution in [0, 0.1) is 28.6 Å². The van der Waals surface area contributed by atoms with Crippen LogP contribution in [0.2, 0.25) is 0 Å². The van der Waals surface area contributed by atoms with E-state index in [0.29, 0.717) is 11.3 Å². The van der Waals surface area contributed by atoms with E-state index >= 15 is 0 Å². The van der Waals surface area contributed by atoms with Gasteiger partial charge in [-0.15, -0.1) is 0 Å². The van der Waals surface area contributed by atoms with E-state index in [0.717, 1.165) is 17.9 Å². The number of allylic oxidation sites excluding steroid dienone is 3. The van der Waals surface area contributed by atoms with Crippen LogP contribution in [0.1, 0.15) is 26.7 Å². The molecule has 2 atom stereocenters. The highest BCUT2D eigenvalue weighted by atomic mass is 16.1. The topological polar surface area (TPSA) is 66.9 Å². The first kappa shape index (κ1) is 10.9. The lowest BCUT2D eigenvalue weighted by atomic mass is 9.49. The van der Waals surface area contributed by atoms with E-state index in [9.17, 15) is 4.79 Å². The number of carbonyl (C=O) groups is 1. The van der Waals surface area contributed by atoms with Crippen molar-refractivity contribution < 1.29 is 4.79 Å². The van der Waals surface area contributed by atoms with Gasteiger partial charge in [0.2, 0.25) is 0 Å². The van der Waals surface area contributed by atoms with E-state index in [1.807, 2.05) is 6.07 Å². The first-order valence-electron chi connectivity index (χ1n) is 5.58. The molecular weight excluding hydrogens is 200 g/mol. The summed E-state index contributed by atoms with van der Waals surface area (Å²) in [7, 11) is 0. The van der Waals surface area contributed by atoms with Crippen molar-refractivity contribution in [2.24, 2.45) is 23.0 Å². The number of rotatable bonds is 2. The van der Waals surface area contributed by atoms with Crippen LogP contribution in [0.4, 0.5) is 0 Å². The van der Waals surface area contributed by atoms with E-state index in [1.54, 1.807) is 6.08 Å². The Labute approximate surface area is 95.6 Å². The van der Waals surface area contributed by atoms with Crippen molar-refractivity contribution in [2.45, 2.75) is 26.7 Å². The van der Waals surface area contributed by atoms with Gasteiger partial charge in [0.1, 0.15) is 11.6 Å². The molecule has 3 rings (SSSR count). The van der Waals surface area contributed by atoms with Crippen molar-refractivity contribution in [3.63, 3.8) is 0 Å². The second-order valence-corrected chi connectivity index (χ2v) is 5.28. The third-order valence-electron chi connectivity index (χ3n) is 4.21. The molecule has 2 bridgehead atoms. The molecule has 2 N–H and O–H groups in total. The largest absolute Gasteiger partial charge is 0.365 e. The number of nitriles is 1. The third kappa shape index (κ3) is 1.46.